The lowest BCUT2D eigenvalue weighted by Crippen LogP contribution is -2.47. The predicted octanol–water partition coefficient (Wildman–Crippen LogP) is 4.09. The molecule has 0 spiro atoms. The van der Waals surface area contributed by atoms with E-state index < -0.39 is 12.5 Å². The van der Waals surface area contributed by atoms with Crippen LogP contribution in [0.5, 0.6) is 5.75 Å². The van der Waals surface area contributed by atoms with Gasteiger partial charge in [0, 0.05) is 32.2 Å². The highest BCUT2D eigenvalue weighted by molar-refractivity contribution is 5.85. The molecule has 1 heterocycles. The van der Waals surface area contributed by atoms with E-state index in [0.717, 1.165) is 44.6 Å². The van der Waals surface area contributed by atoms with Crippen molar-refractivity contribution >= 4 is 12.4 Å². The monoisotopic (exact) mass is 382 g/mol. The molecule has 25 heavy (non-hydrogen) atoms. The fourth-order valence-corrected chi connectivity index (χ4v) is 3.43. The minimum Gasteiger partial charge on any atom is -0.428 e. The van der Waals surface area contributed by atoms with Gasteiger partial charge in [0.05, 0.1) is 0 Å². The van der Waals surface area contributed by atoms with Crippen molar-refractivity contribution in [2.24, 2.45) is 5.92 Å². The fraction of sp³-hybridized carbons (Fsp3) is 0.647. The molecule has 142 valence electrons. The van der Waals surface area contributed by atoms with Crippen LogP contribution in [-0.2, 0) is 0 Å². The largest absolute Gasteiger partial charge is 0.461 e. The molecule has 2 fully saturated rings. The second-order valence-corrected chi connectivity index (χ2v) is 6.46. The molecule has 0 radical (unpaired) electrons. The lowest BCUT2D eigenvalue weighted by molar-refractivity contribution is -0.253. The average molecular weight is 383 g/mol. The number of hydrogen-bond acceptors (Lipinski definition) is 3. The normalized spacial score (nSPS) is 20.7. The Hall–Kier alpha value is -1.05. The maximum atomic E-state index is 13.0. The molecule has 1 aliphatic carbocycles. The van der Waals surface area contributed by atoms with Gasteiger partial charge in [-0.25, -0.2) is 0 Å². The van der Waals surface area contributed by atoms with E-state index in [1.54, 1.807) is 12.1 Å². The van der Waals surface area contributed by atoms with Crippen LogP contribution in [0, 0.1) is 5.92 Å². The first-order valence-corrected chi connectivity index (χ1v) is 8.37. The van der Waals surface area contributed by atoms with Crippen LogP contribution >= 0.6 is 12.4 Å². The van der Waals surface area contributed by atoms with Gasteiger partial charge in [0.1, 0.15) is 5.75 Å². The van der Waals surface area contributed by atoms with Crippen molar-refractivity contribution in [2.75, 3.05) is 26.2 Å². The SMILES string of the molecule is Cl.FC(F)C(F)(F)Oc1ccc([C@@H](C2CCC2)N2CCNCC2)cc1. The van der Waals surface area contributed by atoms with Crippen molar-refractivity contribution < 1.29 is 22.3 Å². The Bertz CT molecular complexity index is 534. The molecule has 0 aromatic heterocycles. The van der Waals surface area contributed by atoms with E-state index in [0.29, 0.717) is 5.92 Å². The van der Waals surface area contributed by atoms with Crippen LogP contribution in [0.4, 0.5) is 17.6 Å². The summed E-state index contributed by atoms with van der Waals surface area (Å²) in [4.78, 5) is 2.42. The van der Waals surface area contributed by atoms with Gasteiger partial charge in [0.2, 0.25) is 0 Å². The Balaban J connectivity index is 0.00000225. The minimum absolute atomic E-state index is 0. The molecule has 3 nitrogen and oxygen atoms in total. The maximum absolute atomic E-state index is 13.0. The van der Waals surface area contributed by atoms with E-state index in [4.69, 9.17) is 0 Å². The first-order chi connectivity index (χ1) is 11.5. The topological polar surface area (TPSA) is 24.5 Å². The number of alkyl halides is 4. The Kier molecular flexibility index (Phi) is 6.93. The van der Waals surface area contributed by atoms with Gasteiger partial charge in [-0.2, -0.15) is 17.6 Å². The molecular weight excluding hydrogens is 360 g/mol. The number of nitrogens with one attached hydrogen (secondary N) is 1. The Morgan fingerprint density at radius 2 is 1.68 bits per heavy atom. The number of benzene rings is 1. The van der Waals surface area contributed by atoms with Crippen LogP contribution in [0.15, 0.2) is 24.3 Å². The summed E-state index contributed by atoms with van der Waals surface area (Å²) in [5.74, 6) is 0.328. The Morgan fingerprint density at radius 1 is 1.08 bits per heavy atom. The van der Waals surface area contributed by atoms with Gasteiger partial charge in [-0.05, 0) is 36.5 Å². The van der Waals surface area contributed by atoms with Crippen molar-refractivity contribution in [2.45, 2.75) is 37.8 Å². The van der Waals surface area contributed by atoms with E-state index in [2.05, 4.69) is 15.0 Å². The summed E-state index contributed by atoms with van der Waals surface area (Å²) in [6, 6.07) is 6.42. The number of halogens is 5. The van der Waals surface area contributed by atoms with Crippen molar-refractivity contribution in [1.29, 1.82) is 0 Å². The number of nitrogens with zero attached hydrogens (tertiary/aromatic N) is 1. The Labute approximate surface area is 151 Å². The van der Waals surface area contributed by atoms with Crippen molar-refractivity contribution in [1.82, 2.24) is 10.2 Å². The van der Waals surface area contributed by atoms with Gasteiger partial charge in [-0.3, -0.25) is 4.90 Å². The van der Waals surface area contributed by atoms with Crippen LogP contribution in [0.25, 0.3) is 0 Å². The number of hydrogen-bond donors (Lipinski definition) is 1. The molecule has 1 saturated carbocycles. The first-order valence-electron chi connectivity index (χ1n) is 8.37. The Morgan fingerprint density at radius 3 is 2.16 bits per heavy atom. The second-order valence-electron chi connectivity index (χ2n) is 6.46. The molecule has 3 rings (SSSR count). The summed E-state index contributed by atoms with van der Waals surface area (Å²) in [6.45, 7) is 3.77. The summed E-state index contributed by atoms with van der Waals surface area (Å²) < 4.78 is 54.6. The number of piperazine rings is 1. The zero-order valence-electron chi connectivity index (χ0n) is 13.8. The van der Waals surface area contributed by atoms with E-state index in [1.165, 1.54) is 18.6 Å². The van der Waals surface area contributed by atoms with Crippen LogP contribution in [0.3, 0.4) is 0 Å². The first kappa shape index (κ1) is 20.3. The summed E-state index contributed by atoms with van der Waals surface area (Å²) in [6.07, 6.45) is -4.77. The van der Waals surface area contributed by atoms with Crippen LogP contribution in [-0.4, -0.2) is 43.6 Å². The summed E-state index contributed by atoms with van der Waals surface area (Å²) in [5, 5.41) is 3.33. The van der Waals surface area contributed by atoms with Crippen molar-refractivity contribution in [3.05, 3.63) is 29.8 Å². The summed E-state index contributed by atoms with van der Waals surface area (Å²) in [7, 11) is 0. The zero-order valence-corrected chi connectivity index (χ0v) is 14.6. The molecule has 2 aliphatic rings. The quantitative estimate of drug-likeness (QED) is 0.750. The average Bonchev–Trinajstić information content (AvgIpc) is 2.52. The third-order valence-electron chi connectivity index (χ3n) is 4.87. The van der Waals surface area contributed by atoms with Gasteiger partial charge < -0.3 is 10.1 Å². The molecule has 1 N–H and O–H groups in total. The number of rotatable bonds is 6. The molecule has 1 aliphatic heterocycles. The van der Waals surface area contributed by atoms with Gasteiger partial charge in [-0.1, -0.05) is 18.6 Å². The molecule has 1 saturated heterocycles. The molecule has 0 bridgehead atoms. The van der Waals surface area contributed by atoms with E-state index >= 15 is 0 Å². The van der Waals surface area contributed by atoms with Crippen molar-refractivity contribution in [3.63, 3.8) is 0 Å². The molecule has 1 aromatic carbocycles. The van der Waals surface area contributed by atoms with Gasteiger partial charge in [-0.15, -0.1) is 12.4 Å². The highest BCUT2D eigenvalue weighted by Gasteiger charge is 2.44. The second kappa shape index (κ2) is 8.56. The lowest BCUT2D eigenvalue weighted by Gasteiger charge is -2.43. The van der Waals surface area contributed by atoms with Gasteiger partial charge in [0.15, 0.2) is 0 Å². The molecule has 1 atom stereocenters. The summed E-state index contributed by atoms with van der Waals surface area (Å²) in [5.41, 5.74) is 1.04. The van der Waals surface area contributed by atoms with E-state index in [-0.39, 0.29) is 24.2 Å². The fourth-order valence-electron chi connectivity index (χ4n) is 3.43. The zero-order chi connectivity index (χ0) is 17.2. The maximum Gasteiger partial charge on any atom is 0.461 e. The highest BCUT2D eigenvalue weighted by atomic mass is 35.5. The van der Waals surface area contributed by atoms with Crippen LogP contribution in [0.1, 0.15) is 30.9 Å². The van der Waals surface area contributed by atoms with Crippen LogP contribution in [0.2, 0.25) is 0 Å². The highest BCUT2D eigenvalue weighted by Crippen LogP contribution is 2.42. The predicted molar refractivity (Wildman–Crippen MR) is 89.8 cm³/mol. The van der Waals surface area contributed by atoms with Gasteiger partial charge in [0.25, 0.3) is 0 Å². The molecule has 0 amide bonds. The van der Waals surface area contributed by atoms with Crippen LogP contribution < -0.4 is 10.1 Å². The van der Waals surface area contributed by atoms with E-state index in [9.17, 15) is 17.6 Å². The van der Waals surface area contributed by atoms with Crippen molar-refractivity contribution in [3.8, 4) is 5.75 Å². The smallest absolute Gasteiger partial charge is 0.428 e. The number of ether oxygens (including phenoxy) is 1. The minimum atomic E-state index is -4.46. The standard InChI is InChI=1S/C17H22F4N2O.ClH/c18-16(19)17(20,21)24-14-6-4-13(5-7-14)15(12-2-1-3-12)23-10-8-22-9-11-23;/h4-7,12,15-16,22H,1-3,8-11H2;1H/t15-;/m1./s1. The molecule has 8 heteroatoms. The molecule has 1 aromatic rings. The summed E-state index contributed by atoms with van der Waals surface area (Å²) >= 11 is 0. The third-order valence-corrected chi connectivity index (χ3v) is 4.87. The van der Waals surface area contributed by atoms with E-state index in [1.807, 2.05) is 0 Å². The lowest BCUT2D eigenvalue weighted by atomic mass is 9.76. The van der Waals surface area contributed by atoms with Gasteiger partial charge >= 0.3 is 12.5 Å². The third kappa shape index (κ3) is 4.77. The molecule has 0 unspecified atom stereocenters. The molecular formula is C17H23ClF4N2O.